The van der Waals surface area contributed by atoms with Crippen LogP contribution in [0.5, 0.6) is 0 Å². The Morgan fingerprint density at radius 3 is 2.74 bits per heavy atom. The highest BCUT2D eigenvalue weighted by molar-refractivity contribution is 4.98. The van der Waals surface area contributed by atoms with Gasteiger partial charge in [-0.3, -0.25) is 0 Å². The molecule has 1 aromatic rings. The van der Waals surface area contributed by atoms with E-state index in [9.17, 15) is 18.3 Å². The highest BCUT2D eigenvalue weighted by atomic mass is 19.4. The largest absolute Gasteiger partial charge is 0.411 e. The third-order valence-electron chi connectivity index (χ3n) is 3.03. The quantitative estimate of drug-likeness (QED) is 0.915. The van der Waals surface area contributed by atoms with Crippen molar-refractivity contribution in [1.29, 1.82) is 0 Å². The number of alkyl halides is 3. The number of hydrogen-bond donors (Lipinski definition) is 1. The van der Waals surface area contributed by atoms with E-state index in [4.69, 9.17) is 4.52 Å². The molecule has 8 heteroatoms. The van der Waals surface area contributed by atoms with Gasteiger partial charge in [-0.25, -0.2) is 0 Å². The van der Waals surface area contributed by atoms with Crippen molar-refractivity contribution in [2.45, 2.75) is 50.5 Å². The molecule has 1 fully saturated rings. The van der Waals surface area contributed by atoms with E-state index < -0.39 is 18.9 Å². The zero-order chi connectivity index (χ0) is 13.9. The first-order chi connectivity index (χ1) is 8.96. The maximum atomic E-state index is 11.9. The molecule has 0 spiro atoms. The van der Waals surface area contributed by atoms with Crippen molar-refractivity contribution in [3.05, 3.63) is 11.7 Å². The predicted molar refractivity (Wildman–Crippen MR) is 57.2 cm³/mol. The molecule has 0 radical (unpaired) electrons. The van der Waals surface area contributed by atoms with Crippen LogP contribution in [0.15, 0.2) is 4.52 Å². The van der Waals surface area contributed by atoms with Crippen molar-refractivity contribution in [2.75, 3.05) is 6.61 Å². The van der Waals surface area contributed by atoms with E-state index in [1.54, 1.807) is 0 Å². The summed E-state index contributed by atoms with van der Waals surface area (Å²) in [5.74, 6) is 0.118. The van der Waals surface area contributed by atoms with E-state index in [0.29, 0.717) is 6.42 Å². The van der Waals surface area contributed by atoms with Gasteiger partial charge >= 0.3 is 6.18 Å². The summed E-state index contributed by atoms with van der Waals surface area (Å²) in [7, 11) is 0. The van der Waals surface area contributed by atoms with Gasteiger partial charge in [0.05, 0.1) is 12.0 Å². The van der Waals surface area contributed by atoms with E-state index in [1.807, 2.05) is 0 Å². The summed E-state index contributed by atoms with van der Waals surface area (Å²) in [5.41, 5.74) is 0. The van der Waals surface area contributed by atoms with Gasteiger partial charge in [0.15, 0.2) is 5.82 Å². The Bertz CT molecular complexity index is 408. The summed E-state index contributed by atoms with van der Waals surface area (Å²) in [6.07, 6.45) is -1.57. The topological polar surface area (TPSA) is 68.4 Å². The first-order valence-electron chi connectivity index (χ1n) is 6.11. The number of nitrogens with zero attached hydrogens (tertiary/aromatic N) is 2. The highest BCUT2D eigenvalue weighted by Gasteiger charge is 2.30. The van der Waals surface area contributed by atoms with Gasteiger partial charge in [-0.2, -0.15) is 18.2 Å². The molecule has 0 saturated heterocycles. The molecule has 1 aliphatic carbocycles. The van der Waals surface area contributed by atoms with Crippen LogP contribution in [-0.2, 0) is 11.3 Å². The lowest BCUT2D eigenvalue weighted by Gasteiger charge is -2.24. The summed E-state index contributed by atoms with van der Waals surface area (Å²) in [4.78, 5) is 3.97. The van der Waals surface area contributed by atoms with Crippen molar-refractivity contribution in [1.82, 2.24) is 10.1 Å². The molecule has 0 bridgehead atoms. The molecule has 2 atom stereocenters. The van der Waals surface area contributed by atoms with Crippen LogP contribution in [0, 0.1) is 0 Å². The van der Waals surface area contributed by atoms with Gasteiger partial charge in [0.1, 0.15) is 13.2 Å². The van der Waals surface area contributed by atoms with Gasteiger partial charge in [0.25, 0.3) is 0 Å². The second-order valence-electron chi connectivity index (χ2n) is 4.62. The Morgan fingerprint density at radius 1 is 1.32 bits per heavy atom. The summed E-state index contributed by atoms with van der Waals surface area (Å²) in [6, 6.07) is 0. The number of aliphatic hydroxyl groups excluding tert-OH is 1. The van der Waals surface area contributed by atoms with E-state index in [0.717, 1.165) is 19.3 Å². The minimum atomic E-state index is -4.37. The lowest BCUT2D eigenvalue weighted by Crippen LogP contribution is -2.22. The zero-order valence-electron chi connectivity index (χ0n) is 10.2. The SMILES string of the molecule is OC1CCCCC1c1nc(COCC(F)(F)F)no1. The van der Waals surface area contributed by atoms with Crippen molar-refractivity contribution >= 4 is 0 Å². The van der Waals surface area contributed by atoms with Crippen LogP contribution in [0.25, 0.3) is 0 Å². The van der Waals surface area contributed by atoms with E-state index in [1.165, 1.54) is 0 Å². The number of ether oxygens (including phenoxy) is 1. The molecule has 1 N–H and O–H groups in total. The minimum Gasteiger partial charge on any atom is -0.392 e. The van der Waals surface area contributed by atoms with Gasteiger partial charge in [0, 0.05) is 0 Å². The lowest BCUT2D eigenvalue weighted by molar-refractivity contribution is -0.177. The lowest BCUT2D eigenvalue weighted by atomic mass is 9.86. The fourth-order valence-electron chi connectivity index (χ4n) is 2.13. The van der Waals surface area contributed by atoms with Gasteiger partial charge < -0.3 is 14.4 Å². The summed E-state index contributed by atoms with van der Waals surface area (Å²) in [6.45, 7) is -1.70. The number of aromatic nitrogens is 2. The standard InChI is InChI=1S/C11H15F3N2O3/c12-11(13,14)6-18-5-9-15-10(19-16-9)7-3-1-2-4-8(7)17/h7-8,17H,1-6H2. The second-order valence-corrected chi connectivity index (χ2v) is 4.62. The van der Waals surface area contributed by atoms with Crippen molar-refractivity contribution < 1.29 is 27.5 Å². The second kappa shape index (κ2) is 5.87. The highest BCUT2D eigenvalue weighted by Crippen LogP contribution is 2.32. The number of halogens is 3. The Balaban J connectivity index is 1.88. The molecule has 1 aliphatic rings. The summed E-state index contributed by atoms with van der Waals surface area (Å²) in [5, 5.41) is 13.4. The van der Waals surface area contributed by atoms with E-state index in [-0.39, 0.29) is 24.2 Å². The van der Waals surface area contributed by atoms with Gasteiger partial charge in [-0.05, 0) is 12.8 Å². The Labute approximate surface area is 107 Å². The van der Waals surface area contributed by atoms with E-state index >= 15 is 0 Å². The van der Waals surface area contributed by atoms with Crippen molar-refractivity contribution in [2.24, 2.45) is 0 Å². The molecule has 0 aliphatic heterocycles. The van der Waals surface area contributed by atoms with Crippen LogP contribution in [0.4, 0.5) is 13.2 Å². The Kier molecular flexibility index (Phi) is 4.41. The number of aliphatic hydroxyl groups is 1. The average Bonchev–Trinajstić information content (AvgIpc) is 2.76. The number of hydrogen-bond acceptors (Lipinski definition) is 5. The average molecular weight is 280 g/mol. The molecule has 5 nitrogen and oxygen atoms in total. The monoisotopic (exact) mass is 280 g/mol. The zero-order valence-corrected chi connectivity index (χ0v) is 10.2. The third-order valence-corrected chi connectivity index (χ3v) is 3.03. The molecular formula is C11H15F3N2O3. The molecular weight excluding hydrogens is 265 g/mol. The maximum absolute atomic E-state index is 11.9. The fraction of sp³-hybridized carbons (Fsp3) is 0.818. The normalized spacial score (nSPS) is 24.6. The van der Waals surface area contributed by atoms with Crippen LogP contribution >= 0.6 is 0 Å². The molecule has 0 aromatic carbocycles. The van der Waals surface area contributed by atoms with Gasteiger partial charge in [-0.15, -0.1) is 0 Å². The summed E-state index contributed by atoms with van der Waals surface area (Å²) >= 11 is 0. The molecule has 19 heavy (non-hydrogen) atoms. The van der Waals surface area contributed by atoms with Gasteiger partial charge in [0.2, 0.25) is 5.89 Å². The van der Waals surface area contributed by atoms with Crippen LogP contribution in [0.1, 0.15) is 43.3 Å². The number of rotatable bonds is 4. The fourth-order valence-corrected chi connectivity index (χ4v) is 2.13. The summed E-state index contributed by atoms with van der Waals surface area (Å²) < 4.78 is 45.1. The Morgan fingerprint density at radius 2 is 2.05 bits per heavy atom. The third kappa shape index (κ3) is 4.17. The van der Waals surface area contributed by atoms with Crippen molar-refractivity contribution in [3.8, 4) is 0 Å². The molecule has 2 unspecified atom stereocenters. The van der Waals surface area contributed by atoms with Crippen LogP contribution in [-0.4, -0.2) is 34.1 Å². The van der Waals surface area contributed by atoms with Crippen LogP contribution < -0.4 is 0 Å². The molecule has 2 rings (SSSR count). The van der Waals surface area contributed by atoms with Crippen LogP contribution in [0.2, 0.25) is 0 Å². The van der Waals surface area contributed by atoms with Crippen LogP contribution in [0.3, 0.4) is 0 Å². The van der Waals surface area contributed by atoms with Gasteiger partial charge in [-0.1, -0.05) is 18.0 Å². The van der Waals surface area contributed by atoms with Crippen molar-refractivity contribution in [3.63, 3.8) is 0 Å². The maximum Gasteiger partial charge on any atom is 0.411 e. The first-order valence-corrected chi connectivity index (χ1v) is 6.11. The predicted octanol–water partition coefficient (Wildman–Crippen LogP) is 2.17. The molecule has 1 heterocycles. The van der Waals surface area contributed by atoms with E-state index in [2.05, 4.69) is 14.9 Å². The first kappa shape index (κ1) is 14.3. The molecule has 1 saturated carbocycles. The molecule has 0 amide bonds. The minimum absolute atomic E-state index is 0.0667. The molecule has 1 aromatic heterocycles. The molecule has 108 valence electrons. The smallest absolute Gasteiger partial charge is 0.392 e. The Hall–Kier alpha value is -1.15.